The number of rotatable bonds is 5. The van der Waals surface area contributed by atoms with Crippen molar-refractivity contribution in [2.75, 3.05) is 26.7 Å². The van der Waals surface area contributed by atoms with Gasteiger partial charge in [-0.1, -0.05) is 0 Å². The fraction of sp³-hybridized carbons (Fsp3) is 0.538. The zero-order chi connectivity index (χ0) is 13.9. The number of benzene rings is 1. The van der Waals surface area contributed by atoms with Crippen LogP contribution in [0, 0.1) is 12.8 Å². The van der Waals surface area contributed by atoms with Crippen molar-refractivity contribution in [2.45, 2.75) is 18.2 Å². The van der Waals surface area contributed by atoms with Crippen LogP contribution in [0.4, 0.5) is 0 Å². The molecular formula is C13H20N2O3S. The van der Waals surface area contributed by atoms with E-state index in [0.717, 1.165) is 25.1 Å². The second-order valence-corrected chi connectivity index (χ2v) is 6.61. The predicted molar refractivity (Wildman–Crippen MR) is 73.9 cm³/mol. The first-order valence-electron chi connectivity index (χ1n) is 6.38. The van der Waals surface area contributed by atoms with Crippen LogP contribution in [0.1, 0.15) is 12.0 Å². The van der Waals surface area contributed by atoms with Crippen LogP contribution in [0.3, 0.4) is 0 Å². The minimum absolute atomic E-state index is 0.289. The van der Waals surface area contributed by atoms with Crippen LogP contribution >= 0.6 is 0 Å². The monoisotopic (exact) mass is 284 g/mol. The first kappa shape index (κ1) is 14.3. The van der Waals surface area contributed by atoms with Crippen molar-refractivity contribution >= 4 is 10.0 Å². The lowest BCUT2D eigenvalue weighted by Gasteiger charge is -2.12. The Labute approximate surface area is 114 Å². The maximum atomic E-state index is 12.2. The van der Waals surface area contributed by atoms with Crippen LogP contribution < -0.4 is 14.8 Å². The third-order valence-electron chi connectivity index (χ3n) is 3.40. The normalized spacial score (nSPS) is 19.6. The summed E-state index contributed by atoms with van der Waals surface area (Å²) in [5.74, 6) is 1.08. The summed E-state index contributed by atoms with van der Waals surface area (Å²) in [5.41, 5.74) is 0.813. The summed E-state index contributed by atoms with van der Waals surface area (Å²) in [6.45, 7) is 4.16. The van der Waals surface area contributed by atoms with Crippen molar-refractivity contribution in [3.05, 3.63) is 23.8 Å². The molecule has 1 aliphatic heterocycles. The zero-order valence-electron chi connectivity index (χ0n) is 11.3. The third kappa shape index (κ3) is 3.46. The molecule has 0 saturated carbocycles. The maximum absolute atomic E-state index is 12.2. The van der Waals surface area contributed by atoms with E-state index < -0.39 is 10.0 Å². The molecule has 2 rings (SSSR count). The molecular weight excluding hydrogens is 264 g/mol. The zero-order valence-corrected chi connectivity index (χ0v) is 12.1. The predicted octanol–water partition coefficient (Wildman–Crippen LogP) is 0.891. The Balaban J connectivity index is 2.08. The second-order valence-electron chi connectivity index (χ2n) is 4.84. The number of methoxy groups -OCH3 is 1. The lowest BCUT2D eigenvalue weighted by Crippen LogP contribution is -2.30. The number of hydrogen-bond donors (Lipinski definition) is 2. The van der Waals surface area contributed by atoms with Crippen molar-refractivity contribution in [2.24, 2.45) is 5.92 Å². The van der Waals surface area contributed by atoms with Crippen LogP contribution in [-0.4, -0.2) is 35.2 Å². The van der Waals surface area contributed by atoms with Crippen molar-refractivity contribution in [1.82, 2.24) is 10.0 Å². The summed E-state index contributed by atoms with van der Waals surface area (Å²) in [7, 11) is -1.86. The topological polar surface area (TPSA) is 67.4 Å². The minimum Gasteiger partial charge on any atom is -0.496 e. The Hall–Kier alpha value is -1.11. The molecule has 0 bridgehead atoms. The Morgan fingerprint density at radius 3 is 2.84 bits per heavy atom. The fourth-order valence-electron chi connectivity index (χ4n) is 2.22. The molecule has 1 aromatic rings. The van der Waals surface area contributed by atoms with Gasteiger partial charge in [0.25, 0.3) is 0 Å². The first-order chi connectivity index (χ1) is 9.03. The van der Waals surface area contributed by atoms with Gasteiger partial charge in [-0.05, 0) is 56.1 Å². The first-order valence-corrected chi connectivity index (χ1v) is 7.86. The van der Waals surface area contributed by atoms with Gasteiger partial charge in [-0.25, -0.2) is 13.1 Å². The highest BCUT2D eigenvalue weighted by Gasteiger charge is 2.20. The number of nitrogens with one attached hydrogen (secondary N) is 2. The second kappa shape index (κ2) is 5.90. The van der Waals surface area contributed by atoms with E-state index in [4.69, 9.17) is 4.74 Å². The van der Waals surface area contributed by atoms with Crippen LogP contribution in [0.15, 0.2) is 23.1 Å². The summed E-state index contributed by atoms with van der Waals surface area (Å²) < 4.78 is 32.1. The molecule has 1 fully saturated rings. The summed E-state index contributed by atoms with van der Waals surface area (Å²) in [6, 6.07) is 4.89. The van der Waals surface area contributed by atoms with Crippen molar-refractivity contribution in [3.63, 3.8) is 0 Å². The molecule has 0 aromatic heterocycles. The van der Waals surface area contributed by atoms with Crippen LogP contribution in [0.2, 0.25) is 0 Å². The third-order valence-corrected chi connectivity index (χ3v) is 4.82. The number of sulfonamides is 1. The Morgan fingerprint density at radius 2 is 2.26 bits per heavy atom. The van der Waals surface area contributed by atoms with E-state index in [1.165, 1.54) is 0 Å². The molecule has 1 unspecified atom stereocenters. The largest absolute Gasteiger partial charge is 0.496 e. The van der Waals surface area contributed by atoms with E-state index in [1.807, 2.05) is 6.92 Å². The van der Waals surface area contributed by atoms with Gasteiger partial charge in [0.05, 0.1) is 12.0 Å². The molecule has 0 amide bonds. The van der Waals surface area contributed by atoms with E-state index >= 15 is 0 Å². The van der Waals surface area contributed by atoms with Crippen molar-refractivity contribution < 1.29 is 13.2 Å². The molecule has 1 atom stereocenters. The van der Waals surface area contributed by atoms with Crippen LogP contribution in [0.25, 0.3) is 0 Å². The van der Waals surface area contributed by atoms with Gasteiger partial charge in [0.2, 0.25) is 10.0 Å². The van der Waals surface area contributed by atoms with Gasteiger partial charge >= 0.3 is 0 Å². The summed E-state index contributed by atoms with van der Waals surface area (Å²) in [6.07, 6.45) is 1.02. The van der Waals surface area contributed by atoms with Gasteiger partial charge in [-0.2, -0.15) is 0 Å². The molecule has 0 radical (unpaired) electrons. The molecule has 1 saturated heterocycles. The standard InChI is InChI=1S/C13H20N2O3S/c1-10-7-12(3-4-13(10)18-2)19(16,17)15-9-11-5-6-14-8-11/h3-4,7,11,14-15H,5-6,8-9H2,1-2H3. The molecule has 1 aromatic carbocycles. The number of ether oxygens (including phenoxy) is 1. The fourth-order valence-corrected chi connectivity index (χ4v) is 3.42. The molecule has 1 aliphatic rings. The minimum atomic E-state index is -3.43. The SMILES string of the molecule is COc1ccc(S(=O)(=O)NCC2CCNC2)cc1C. The molecule has 1 heterocycles. The molecule has 0 aliphatic carbocycles. The average molecular weight is 284 g/mol. The van der Waals surface area contributed by atoms with Gasteiger partial charge in [0.1, 0.15) is 5.75 Å². The summed E-state index contributed by atoms with van der Waals surface area (Å²) >= 11 is 0. The van der Waals surface area contributed by atoms with Gasteiger partial charge in [0, 0.05) is 6.54 Å². The molecule has 106 valence electrons. The summed E-state index contributed by atoms with van der Waals surface area (Å²) in [5, 5.41) is 3.22. The van der Waals surface area contributed by atoms with Gasteiger partial charge in [-0.3, -0.25) is 0 Å². The van der Waals surface area contributed by atoms with Crippen molar-refractivity contribution in [3.8, 4) is 5.75 Å². The lowest BCUT2D eigenvalue weighted by atomic mass is 10.1. The molecule has 2 N–H and O–H groups in total. The highest BCUT2D eigenvalue weighted by atomic mass is 32.2. The molecule has 5 nitrogen and oxygen atoms in total. The average Bonchev–Trinajstić information content (AvgIpc) is 2.89. The van der Waals surface area contributed by atoms with E-state index in [9.17, 15) is 8.42 Å². The Kier molecular flexibility index (Phi) is 4.44. The van der Waals surface area contributed by atoms with E-state index in [2.05, 4.69) is 10.0 Å². The van der Waals surface area contributed by atoms with Crippen LogP contribution in [-0.2, 0) is 10.0 Å². The number of hydrogen-bond acceptors (Lipinski definition) is 4. The smallest absolute Gasteiger partial charge is 0.240 e. The Bertz CT molecular complexity index is 537. The van der Waals surface area contributed by atoms with Gasteiger partial charge < -0.3 is 10.1 Å². The van der Waals surface area contributed by atoms with E-state index in [0.29, 0.717) is 18.2 Å². The highest BCUT2D eigenvalue weighted by molar-refractivity contribution is 7.89. The highest BCUT2D eigenvalue weighted by Crippen LogP contribution is 2.21. The van der Waals surface area contributed by atoms with E-state index in [1.54, 1.807) is 25.3 Å². The van der Waals surface area contributed by atoms with Gasteiger partial charge in [0.15, 0.2) is 0 Å². The van der Waals surface area contributed by atoms with Gasteiger partial charge in [-0.15, -0.1) is 0 Å². The quantitative estimate of drug-likeness (QED) is 0.843. The molecule has 19 heavy (non-hydrogen) atoms. The van der Waals surface area contributed by atoms with Crippen molar-refractivity contribution in [1.29, 1.82) is 0 Å². The molecule has 6 heteroatoms. The Morgan fingerprint density at radius 1 is 1.47 bits per heavy atom. The van der Waals surface area contributed by atoms with Crippen LogP contribution in [0.5, 0.6) is 5.75 Å². The van der Waals surface area contributed by atoms with E-state index in [-0.39, 0.29) is 4.90 Å². The summed E-state index contributed by atoms with van der Waals surface area (Å²) in [4.78, 5) is 0.289. The number of aryl methyl sites for hydroxylation is 1. The maximum Gasteiger partial charge on any atom is 0.240 e. The molecule has 0 spiro atoms. The lowest BCUT2D eigenvalue weighted by molar-refractivity contribution is 0.411.